The van der Waals surface area contributed by atoms with Crippen molar-refractivity contribution in [2.24, 2.45) is 0 Å². The van der Waals surface area contributed by atoms with Crippen LogP contribution in [0.1, 0.15) is 20.8 Å². The van der Waals surface area contributed by atoms with Crippen molar-refractivity contribution in [1.82, 2.24) is 5.32 Å². The Balaban J connectivity index is 1.95. The predicted molar refractivity (Wildman–Crippen MR) is 106 cm³/mol. The number of carbonyl (C=O) groups excluding carboxylic acids is 2. The van der Waals surface area contributed by atoms with Gasteiger partial charge in [0, 0.05) is 23.8 Å². The van der Waals surface area contributed by atoms with Crippen LogP contribution in [-0.4, -0.2) is 31.2 Å². The van der Waals surface area contributed by atoms with E-state index in [1.807, 2.05) is 13.8 Å². The van der Waals surface area contributed by atoms with Crippen molar-refractivity contribution in [3.8, 4) is 11.5 Å². The summed E-state index contributed by atoms with van der Waals surface area (Å²) in [7, 11) is 1.67. The molecule has 2 aromatic carbocycles. The number of urea groups is 1. The Morgan fingerprint density at radius 3 is 2.30 bits per heavy atom. The fourth-order valence-electron chi connectivity index (χ4n) is 2.19. The lowest BCUT2D eigenvalue weighted by Crippen LogP contribution is -2.40. The van der Waals surface area contributed by atoms with Gasteiger partial charge in [-0.15, -0.1) is 0 Å². The van der Waals surface area contributed by atoms with E-state index < -0.39 is 12.1 Å². The van der Waals surface area contributed by atoms with Crippen molar-refractivity contribution in [2.75, 3.05) is 11.9 Å². The topological polar surface area (TPSA) is 67.9 Å². The average molecular weight is 391 g/mol. The zero-order valence-corrected chi connectivity index (χ0v) is 16.5. The molecule has 0 aliphatic heterocycles. The van der Waals surface area contributed by atoms with Crippen LogP contribution in [0.15, 0.2) is 48.5 Å². The Bertz CT molecular complexity index is 793. The quantitative estimate of drug-likeness (QED) is 0.590. The summed E-state index contributed by atoms with van der Waals surface area (Å²) in [6.45, 7) is 5.38. The zero-order valence-electron chi connectivity index (χ0n) is 15.7. The summed E-state index contributed by atoms with van der Waals surface area (Å²) in [5, 5.41) is 3.33. The molecule has 2 amide bonds. The van der Waals surface area contributed by atoms with E-state index in [1.165, 1.54) is 4.90 Å². The Morgan fingerprint density at radius 1 is 1.04 bits per heavy atom. The Morgan fingerprint density at radius 2 is 1.70 bits per heavy atom. The molecule has 0 saturated heterocycles. The second-order valence-corrected chi connectivity index (χ2v) is 6.73. The third-order valence-electron chi connectivity index (χ3n) is 3.60. The number of anilines is 1. The third-order valence-corrected chi connectivity index (χ3v) is 3.84. The molecule has 2 rings (SSSR count). The molecule has 0 radical (unpaired) electrons. The molecule has 0 heterocycles. The van der Waals surface area contributed by atoms with Gasteiger partial charge in [-0.3, -0.25) is 4.90 Å². The van der Waals surface area contributed by atoms with E-state index in [1.54, 1.807) is 62.5 Å². The first-order valence-corrected chi connectivity index (χ1v) is 8.92. The molecule has 0 fully saturated rings. The molecule has 1 N–H and O–H groups in total. The van der Waals surface area contributed by atoms with Crippen molar-refractivity contribution < 1.29 is 19.1 Å². The predicted octanol–water partition coefficient (Wildman–Crippen LogP) is 4.27. The largest absolute Gasteiger partial charge is 0.479 e. The Hall–Kier alpha value is -2.73. The second-order valence-electron chi connectivity index (χ2n) is 6.30. The van der Waals surface area contributed by atoms with Gasteiger partial charge in [-0.2, -0.15) is 0 Å². The smallest absolute Gasteiger partial charge is 0.352 e. The van der Waals surface area contributed by atoms with E-state index in [2.05, 4.69) is 5.32 Å². The molecule has 1 unspecified atom stereocenters. The van der Waals surface area contributed by atoms with Crippen molar-refractivity contribution >= 4 is 29.3 Å². The Kier molecular flexibility index (Phi) is 7.07. The van der Waals surface area contributed by atoms with Crippen LogP contribution < -0.4 is 19.7 Å². The number of rotatable bonds is 6. The molecule has 6 nitrogen and oxygen atoms in total. The molecule has 2 aromatic rings. The van der Waals surface area contributed by atoms with Gasteiger partial charge >= 0.3 is 12.0 Å². The molecule has 0 saturated carbocycles. The van der Waals surface area contributed by atoms with E-state index in [-0.39, 0.29) is 12.1 Å². The van der Waals surface area contributed by atoms with Gasteiger partial charge in [-0.25, -0.2) is 9.59 Å². The van der Waals surface area contributed by atoms with Gasteiger partial charge in [-0.05, 0) is 63.2 Å². The van der Waals surface area contributed by atoms with Crippen molar-refractivity contribution in [2.45, 2.75) is 32.9 Å². The molecule has 0 aliphatic rings. The van der Waals surface area contributed by atoms with Gasteiger partial charge < -0.3 is 14.8 Å². The van der Waals surface area contributed by atoms with Gasteiger partial charge in [0.15, 0.2) is 6.10 Å². The number of carbonyl (C=O) groups is 2. The average Bonchev–Trinajstić information content (AvgIpc) is 2.61. The van der Waals surface area contributed by atoms with Crippen LogP contribution in [0.2, 0.25) is 5.02 Å². The minimum absolute atomic E-state index is 0.0427. The molecule has 0 spiro atoms. The maximum atomic E-state index is 12.2. The van der Waals surface area contributed by atoms with Gasteiger partial charge in [0.25, 0.3) is 0 Å². The highest BCUT2D eigenvalue weighted by Crippen LogP contribution is 2.21. The monoisotopic (exact) mass is 390 g/mol. The van der Waals surface area contributed by atoms with Crippen LogP contribution in [0.25, 0.3) is 0 Å². The molecule has 0 bridgehead atoms. The molecule has 144 valence electrons. The van der Waals surface area contributed by atoms with Crippen LogP contribution in [0, 0.1) is 0 Å². The lowest BCUT2D eigenvalue weighted by atomic mass is 10.3. The minimum Gasteiger partial charge on any atom is -0.479 e. The molecular weight excluding hydrogens is 368 g/mol. The molecule has 7 heteroatoms. The fraction of sp³-hybridized carbons (Fsp3) is 0.300. The highest BCUT2D eigenvalue weighted by atomic mass is 35.5. The van der Waals surface area contributed by atoms with Crippen molar-refractivity contribution in [3.05, 3.63) is 53.6 Å². The number of amides is 2. The summed E-state index contributed by atoms with van der Waals surface area (Å²) in [5.41, 5.74) is 0.677. The van der Waals surface area contributed by atoms with Gasteiger partial charge in [-0.1, -0.05) is 17.7 Å². The van der Waals surface area contributed by atoms with Gasteiger partial charge in [0.2, 0.25) is 0 Å². The maximum absolute atomic E-state index is 12.2. The normalized spacial score (nSPS) is 11.6. The number of hydrogen-bond acceptors (Lipinski definition) is 4. The summed E-state index contributed by atoms with van der Waals surface area (Å²) in [6.07, 6.45) is -0.803. The van der Waals surface area contributed by atoms with E-state index in [0.29, 0.717) is 22.2 Å². The first-order chi connectivity index (χ1) is 12.8. The summed E-state index contributed by atoms with van der Waals surface area (Å²) in [4.78, 5) is 25.7. The lowest BCUT2D eigenvalue weighted by Gasteiger charge is -2.20. The number of benzene rings is 2. The Labute approximate surface area is 164 Å². The number of nitrogens with one attached hydrogen (secondary N) is 1. The van der Waals surface area contributed by atoms with Crippen LogP contribution in [-0.2, 0) is 4.79 Å². The van der Waals surface area contributed by atoms with Crippen molar-refractivity contribution in [1.29, 1.82) is 0 Å². The maximum Gasteiger partial charge on any atom is 0.352 e. The van der Waals surface area contributed by atoms with Crippen LogP contribution in [0.4, 0.5) is 10.5 Å². The number of halogens is 1. The second kappa shape index (κ2) is 9.28. The summed E-state index contributed by atoms with van der Waals surface area (Å²) in [5.74, 6) is 0.316. The fourth-order valence-corrected chi connectivity index (χ4v) is 2.37. The van der Waals surface area contributed by atoms with Crippen LogP contribution >= 0.6 is 11.6 Å². The van der Waals surface area contributed by atoms with Gasteiger partial charge in [0.05, 0.1) is 0 Å². The van der Waals surface area contributed by atoms with E-state index in [0.717, 1.165) is 0 Å². The van der Waals surface area contributed by atoms with Crippen LogP contribution in [0.5, 0.6) is 11.5 Å². The minimum atomic E-state index is -0.803. The number of ether oxygens (including phenoxy) is 2. The first-order valence-electron chi connectivity index (χ1n) is 8.54. The molecular formula is C20H23ClN2O4. The number of hydrogen-bond donors (Lipinski definition) is 1. The zero-order chi connectivity index (χ0) is 20.0. The molecule has 1 atom stereocenters. The summed E-state index contributed by atoms with van der Waals surface area (Å²) >= 11 is 5.90. The standard InChI is InChI=1S/C20H23ClN2O4/c1-13(2)22-20(25)23(4)16-8-10-17(11-9-16)27-19(24)14(3)26-18-7-5-6-15(21)12-18/h5-14H,1-4H3,(H,22,25). The SMILES string of the molecule is CC(C)NC(=O)N(C)c1ccc(OC(=O)C(C)Oc2cccc(Cl)c2)cc1. The summed E-state index contributed by atoms with van der Waals surface area (Å²) in [6, 6.07) is 13.3. The molecule has 0 aromatic heterocycles. The van der Waals surface area contributed by atoms with Crippen LogP contribution in [0.3, 0.4) is 0 Å². The van der Waals surface area contributed by atoms with Crippen molar-refractivity contribution in [3.63, 3.8) is 0 Å². The first kappa shape index (κ1) is 20.6. The number of esters is 1. The number of nitrogens with zero attached hydrogens (tertiary/aromatic N) is 1. The molecule has 0 aliphatic carbocycles. The van der Waals surface area contributed by atoms with E-state index in [4.69, 9.17) is 21.1 Å². The molecule has 27 heavy (non-hydrogen) atoms. The van der Waals surface area contributed by atoms with E-state index >= 15 is 0 Å². The highest BCUT2D eigenvalue weighted by Gasteiger charge is 2.18. The highest BCUT2D eigenvalue weighted by molar-refractivity contribution is 6.30. The van der Waals surface area contributed by atoms with Gasteiger partial charge in [0.1, 0.15) is 11.5 Å². The van der Waals surface area contributed by atoms with E-state index in [9.17, 15) is 9.59 Å². The summed E-state index contributed by atoms with van der Waals surface area (Å²) < 4.78 is 10.9. The lowest BCUT2D eigenvalue weighted by molar-refractivity contribution is -0.141. The third kappa shape index (κ3) is 6.18.